The summed E-state index contributed by atoms with van der Waals surface area (Å²) in [6.07, 6.45) is 6.44. The quantitative estimate of drug-likeness (QED) is 0.772. The van der Waals surface area contributed by atoms with Gasteiger partial charge in [-0.2, -0.15) is 5.10 Å². The highest BCUT2D eigenvalue weighted by atomic mass is 32.2. The van der Waals surface area contributed by atoms with Gasteiger partial charge in [0.25, 0.3) is 0 Å². The van der Waals surface area contributed by atoms with Crippen molar-refractivity contribution in [2.75, 3.05) is 16.4 Å². The lowest BCUT2D eigenvalue weighted by molar-refractivity contribution is -0.114. The average molecular weight is 358 g/mol. The zero-order chi connectivity index (χ0) is 17.6. The first-order valence-corrected chi connectivity index (χ1v) is 9.44. The molecule has 0 aliphatic heterocycles. The van der Waals surface area contributed by atoms with Crippen LogP contribution in [0.15, 0.2) is 41.4 Å². The summed E-state index contributed by atoms with van der Waals surface area (Å²) in [5.74, 6) is 0.961. The summed E-state index contributed by atoms with van der Waals surface area (Å²) >= 11 is 1.46. The fraction of sp³-hybridized carbons (Fsp3) is 0.389. The van der Waals surface area contributed by atoms with E-state index < -0.39 is 0 Å². The molecule has 1 fully saturated rings. The van der Waals surface area contributed by atoms with Crippen molar-refractivity contribution in [3.8, 4) is 0 Å². The Balaban J connectivity index is 1.51. The number of hydrogen-bond acceptors (Lipinski definition) is 4. The monoisotopic (exact) mass is 358 g/mol. The second-order valence-electron chi connectivity index (χ2n) is 6.14. The average Bonchev–Trinajstić information content (AvgIpc) is 3.24. The van der Waals surface area contributed by atoms with Crippen molar-refractivity contribution in [1.29, 1.82) is 0 Å². The maximum Gasteiger partial charge on any atom is 0.235 e. The van der Waals surface area contributed by atoms with Gasteiger partial charge in [-0.15, -0.1) is 11.8 Å². The van der Waals surface area contributed by atoms with Gasteiger partial charge in [0, 0.05) is 23.6 Å². The van der Waals surface area contributed by atoms with E-state index in [0.29, 0.717) is 11.8 Å². The summed E-state index contributed by atoms with van der Waals surface area (Å²) in [7, 11) is 0. The molecule has 1 aromatic carbocycles. The van der Waals surface area contributed by atoms with E-state index in [1.807, 2.05) is 35.0 Å². The zero-order valence-corrected chi connectivity index (χ0v) is 15.0. The molecule has 0 unspecified atom stereocenters. The first-order valence-electron chi connectivity index (χ1n) is 8.45. The Kier molecular flexibility index (Phi) is 5.75. The number of anilines is 2. The van der Waals surface area contributed by atoms with Gasteiger partial charge in [0.15, 0.2) is 0 Å². The van der Waals surface area contributed by atoms with Crippen molar-refractivity contribution < 1.29 is 9.59 Å². The number of carbonyl (C=O) groups is 2. The Hall–Kier alpha value is -2.28. The molecule has 0 spiro atoms. The van der Waals surface area contributed by atoms with E-state index in [-0.39, 0.29) is 11.8 Å². The minimum atomic E-state index is -0.0985. The Morgan fingerprint density at radius 3 is 2.56 bits per heavy atom. The highest BCUT2D eigenvalue weighted by Crippen LogP contribution is 2.31. The largest absolute Gasteiger partial charge is 0.326 e. The Morgan fingerprint density at radius 2 is 1.88 bits per heavy atom. The van der Waals surface area contributed by atoms with Crippen LogP contribution in [0.25, 0.3) is 0 Å². The minimum Gasteiger partial charge on any atom is -0.326 e. The van der Waals surface area contributed by atoms with Crippen LogP contribution in [-0.2, 0) is 9.59 Å². The third-order valence-corrected chi connectivity index (χ3v) is 5.16. The van der Waals surface area contributed by atoms with Gasteiger partial charge in [-0.3, -0.25) is 9.59 Å². The number of benzene rings is 1. The van der Waals surface area contributed by atoms with E-state index >= 15 is 0 Å². The topological polar surface area (TPSA) is 76.0 Å². The van der Waals surface area contributed by atoms with Gasteiger partial charge in [-0.25, -0.2) is 4.68 Å². The second-order valence-corrected chi connectivity index (χ2v) is 7.19. The SMILES string of the molecule is CC(=O)Nc1ccc(SCC(=O)Nc2ccnn2C2CCCC2)cc1. The van der Waals surface area contributed by atoms with Gasteiger partial charge in [0.2, 0.25) is 11.8 Å². The molecule has 132 valence electrons. The number of hydrogen-bond donors (Lipinski definition) is 2. The van der Waals surface area contributed by atoms with Crippen LogP contribution in [0.4, 0.5) is 11.5 Å². The first kappa shape index (κ1) is 17.5. The van der Waals surface area contributed by atoms with Crippen LogP contribution < -0.4 is 10.6 Å². The molecule has 2 amide bonds. The van der Waals surface area contributed by atoms with Gasteiger partial charge in [0.1, 0.15) is 5.82 Å². The van der Waals surface area contributed by atoms with E-state index in [4.69, 9.17) is 0 Å². The maximum absolute atomic E-state index is 12.2. The number of rotatable bonds is 6. The normalized spacial score (nSPS) is 14.4. The molecule has 0 radical (unpaired) electrons. The minimum absolute atomic E-state index is 0.0457. The van der Waals surface area contributed by atoms with Crippen molar-refractivity contribution in [3.63, 3.8) is 0 Å². The number of nitrogens with zero attached hydrogens (tertiary/aromatic N) is 2. The lowest BCUT2D eigenvalue weighted by Gasteiger charge is -2.14. The van der Waals surface area contributed by atoms with Gasteiger partial charge >= 0.3 is 0 Å². The molecule has 3 rings (SSSR count). The zero-order valence-electron chi connectivity index (χ0n) is 14.2. The molecular formula is C18H22N4O2S. The number of nitrogens with one attached hydrogen (secondary N) is 2. The van der Waals surface area contributed by atoms with Crippen LogP contribution in [0.5, 0.6) is 0 Å². The van der Waals surface area contributed by atoms with E-state index in [9.17, 15) is 9.59 Å². The molecular weight excluding hydrogens is 336 g/mol. The van der Waals surface area contributed by atoms with Crippen LogP contribution in [0.1, 0.15) is 38.6 Å². The third kappa shape index (κ3) is 4.85. The summed E-state index contributed by atoms with van der Waals surface area (Å²) in [5.41, 5.74) is 0.752. The van der Waals surface area contributed by atoms with E-state index in [2.05, 4.69) is 15.7 Å². The lowest BCUT2D eigenvalue weighted by atomic mass is 10.2. The third-order valence-electron chi connectivity index (χ3n) is 4.15. The van der Waals surface area contributed by atoms with Gasteiger partial charge in [-0.1, -0.05) is 12.8 Å². The molecule has 7 heteroatoms. The smallest absolute Gasteiger partial charge is 0.235 e. The van der Waals surface area contributed by atoms with Crippen molar-refractivity contribution in [2.45, 2.75) is 43.5 Å². The van der Waals surface area contributed by atoms with Crippen molar-refractivity contribution in [2.24, 2.45) is 0 Å². The predicted molar refractivity (Wildman–Crippen MR) is 99.8 cm³/mol. The first-order chi connectivity index (χ1) is 12.1. The number of aromatic nitrogens is 2. The molecule has 2 aromatic rings. The Morgan fingerprint density at radius 1 is 1.16 bits per heavy atom. The van der Waals surface area contributed by atoms with Crippen LogP contribution in [0, 0.1) is 0 Å². The summed E-state index contributed by atoms with van der Waals surface area (Å²) < 4.78 is 1.94. The molecule has 25 heavy (non-hydrogen) atoms. The van der Waals surface area contributed by atoms with Crippen LogP contribution in [0.2, 0.25) is 0 Å². The van der Waals surface area contributed by atoms with Gasteiger partial charge in [-0.05, 0) is 37.1 Å². The van der Waals surface area contributed by atoms with Crippen molar-refractivity contribution >= 4 is 35.1 Å². The lowest BCUT2D eigenvalue weighted by Crippen LogP contribution is -2.19. The maximum atomic E-state index is 12.2. The van der Waals surface area contributed by atoms with Crippen LogP contribution >= 0.6 is 11.8 Å². The van der Waals surface area contributed by atoms with E-state index in [1.165, 1.54) is 31.5 Å². The summed E-state index contributed by atoms with van der Waals surface area (Å²) in [5, 5.41) is 10.0. The van der Waals surface area contributed by atoms with E-state index in [1.54, 1.807) is 6.20 Å². The van der Waals surface area contributed by atoms with Crippen molar-refractivity contribution in [3.05, 3.63) is 36.5 Å². The molecule has 2 N–H and O–H groups in total. The number of amides is 2. The summed E-state index contributed by atoms with van der Waals surface area (Å²) in [4.78, 5) is 24.2. The van der Waals surface area contributed by atoms with Gasteiger partial charge in [0.05, 0.1) is 18.0 Å². The van der Waals surface area contributed by atoms with Crippen molar-refractivity contribution in [1.82, 2.24) is 9.78 Å². The molecule has 0 saturated heterocycles. The molecule has 1 aliphatic carbocycles. The molecule has 1 heterocycles. The summed E-state index contributed by atoms with van der Waals surface area (Å²) in [6.45, 7) is 1.48. The van der Waals surface area contributed by atoms with Crippen LogP contribution in [-0.4, -0.2) is 27.3 Å². The fourth-order valence-corrected chi connectivity index (χ4v) is 3.72. The Labute approximate surface area is 151 Å². The fourth-order valence-electron chi connectivity index (χ4n) is 3.02. The number of carbonyl (C=O) groups excluding carboxylic acids is 2. The molecule has 1 aliphatic rings. The highest BCUT2D eigenvalue weighted by Gasteiger charge is 2.20. The van der Waals surface area contributed by atoms with Gasteiger partial charge < -0.3 is 10.6 Å². The summed E-state index contributed by atoms with van der Waals surface area (Å²) in [6, 6.07) is 9.70. The molecule has 6 nitrogen and oxygen atoms in total. The molecule has 1 saturated carbocycles. The Bertz CT molecular complexity index is 736. The predicted octanol–water partition coefficient (Wildman–Crippen LogP) is 3.69. The number of thioether (sulfide) groups is 1. The highest BCUT2D eigenvalue weighted by molar-refractivity contribution is 8.00. The standard InChI is InChI=1S/C18H22N4O2S/c1-13(23)20-14-6-8-16(9-7-14)25-12-18(24)21-17-10-11-19-22(17)15-4-2-3-5-15/h6-11,15H,2-5,12H2,1H3,(H,20,23)(H,21,24). The van der Waals surface area contributed by atoms with Crippen LogP contribution in [0.3, 0.4) is 0 Å². The second kappa shape index (κ2) is 8.20. The molecule has 0 atom stereocenters. The van der Waals surface area contributed by atoms with E-state index in [0.717, 1.165) is 29.2 Å². The molecule has 1 aromatic heterocycles. The molecule has 0 bridgehead atoms.